The molecule has 2 aromatic rings. The van der Waals surface area contributed by atoms with Crippen LogP contribution in [-0.4, -0.2) is 10.8 Å². The molecular weight excluding hydrogens is 210 g/mol. The van der Waals surface area contributed by atoms with Crippen molar-refractivity contribution < 1.29 is 4.79 Å². The van der Waals surface area contributed by atoms with Crippen LogP contribution in [0.2, 0.25) is 0 Å². The van der Waals surface area contributed by atoms with Gasteiger partial charge in [-0.25, -0.2) is 0 Å². The van der Waals surface area contributed by atoms with Crippen LogP contribution in [0.3, 0.4) is 0 Å². The molecule has 0 amide bonds. The highest BCUT2D eigenvalue weighted by Crippen LogP contribution is 2.19. The Morgan fingerprint density at radius 3 is 2.65 bits per heavy atom. The van der Waals surface area contributed by atoms with Crippen molar-refractivity contribution in [2.24, 2.45) is 11.8 Å². The molecule has 0 saturated carbocycles. The smallest absolute Gasteiger partial charge is 0.165 e. The first kappa shape index (κ1) is 11.8. The first-order chi connectivity index (χ1) is 8.09. The lowest BCUT2D eigenvalue weighted by molar-refractivity contribution is 0.0900. The highest BCUT2D eigenvalue weighted by molar-refractivity contribution is 6.00. The van der Waals surface area contributed by atoms with E-state index in [9.17, 15) is 4.79 Å². The summed E-state index contributed by atoms with van der Waals surface area (Å²) in [6, 6.07) is 9.65. The van der Waals surface area contributed by atoms with E-state index in [1.54, 1.807) is 6.20 Å². The van der Waals surface area contributed by atoms with Crippen molar-refractivity contribution in [2.75, 3.05) is 0 Å². The van der Waals surface area contributed by atoms with Gasteiger partial charge in [0.05, 0.1) is 5.52 Å². The average Bonchev–Trinajstić information content (AvgIpc) is 2.36. The monoisotopic (exact) mass is 227 g/mol. The number of fused-ring (bicyclic) bond motifs is 1. The zero-order chi connectivity index (χ0) is 12.4. The van der Waals surface area contributed by atoms with Crippen molar-refractivity contribution in [2.45, 2.75) is 20.8 Å². The molecule has 2 nitrogen and oxygen atoms in total. The number of carbonyl (C=O) groups is 1. The molecule has 0 N–H and O–H groups in total. The van der Waals surface area contributed by atoms with E-state index in [1.165, 1.54) is 0 Å². The second-order valence-corrected chi connectivity index (χ2v) is 4.81. The van der Waals surface area contributed by atoms with Gasteiger partial charge in [-0.2, -0.15) is 0 Å². The first-order valence-corrected chi connectivity index (χ1v) is 5.98. The number of carbonyl (C=O) groups excluding carboxylic acids is 1. The van der Waals surface area contributed by atoms with Crippen LogP contribution in [0.25, 0.3) is 10.9 Å². The third-order valence-electron chi connectivity index (χ3n) is 3.30. The maximum Gasteiger partial charge on any atom is 0.165 e. The molecule has 88 valence electrons. The second kappa shape index (κ2) is 4.66. The van der Waals surface area contributed by atoms with Crippen LogP contribution in [0.5, 0.6) is 0 Å². The zero-order valence-electron chi connectivity index (χ0n) is 10.5. The van der Waals surface area contributed by atoms with Gasteiger partial charge in [0.25, 0.3) is 0 Å². The largest absolute Gasteiger partial charge is 0.294 e. The van der Waals surface area contributed by atoms with Crippen LogP contribution in [0.1, 0.15) is 31.1 Å². The lowest BCUT2D eigenvalue weighted by Crippen LogP contribution is -2.16. The number of Topliss-reactive ketones (excluding diaryl/α,β-unsaturated/α-hetero) is 1. The van der Waals surface area contributed by atoms with Crippen LogP contribution in [-0.2, 0) is 0 Å². The summed E-state index contributed by atoms with van der Waals surface area (Å²) in [4.78, 5) is 16.5. The summed E-state index contributed by atoms with van der Waals surface area (Å²) in [5, 5.41) is 1.07. The molecule has 1 aromatic heterocycles. The fraction of sp³-hybridized carbons (Fsp3) is 0.333. The number of nitrogens with zero attached hydrogens (tertiary/aromatic N) is 1. The summed E-state index contributed by atoms with van der Waals surface area (Å²) < 4.78 is 0. The Balaban J connectivity index is 2.40. The van der Waals surface area contributed by atoms with Crippen LogP contribution in [0.15, 0.2) is 36.5 Å². The van der Waals surface area contributed by atoms with E-state index in [2.05, 4.69) is 18.8 Å². The second-order valence-electron chi connectivity index (χ2n) is 4.81. The molecule has 0 fully saturated rings. The molecule has 0 bridgehead atoms. The minimum Gasteiger partial charge on any atom is -0.294 e. The van der Waals surface area contributed by atoms with E-state index in [4.69, 9.17) is 0 Å². The van der Waals surface area contributed by atoms with E-state index in [1.807, 2.05) is 37.3 Å². The summed E-state index contributed by atoms with van der Waals surface area (Å²) in [6.45, 7) is 6.12. The summed E-state index contributed by atoms with van der Waals surface area (Å²) in [6.07, 6.45) is 1.75. The molecule has 17 heavy (non-hydrogen) atoms. The molecule has 0 aliphatic heterocycles. The zero-order valence-corrected chi connectivity index (χ0v) is 10.5. The number of aromatic nitrogens is 1. The lowest BCUT2D eigenvalue weighted by atomic mass is 9.89. The Labute approximate surface area is 102 Å². The minimum atomic E-state index is 0.0520. The van der Waals surface area contributed by atoms with Crippen molar-refractivity contribution in [1.82, 2.24) is 4.98 Å². The third-order valence-corrected chi connectivity index (χ3v) is 3.30. The lowest BCUT2D eigenvalue weighted by Gasteiger charge is -2.14. The van der Waals surface area contributed by atoms with Gasteiger partial charge in [-0.15, -0.1) is 0 Å². The van der Waals surface area contributed by atoms with Crippen molar-refractivity contribution >= 4 is 16.7 Å². The van der Waals surface area contributed by atoms with Crippen LogP contribution < -0.4 is 0 Å². The Kier molecular flexibility index (Phi) is 3.23. The van der Waals surface area contributed by atoms with Crippen LogP contribution in [0.4, 0.5) is 0 Å². The molecule has 2 rings (SSSR count). The maximum atomic E-state index is 12.2. The average molecular weight is 227 g/mol. The van der Waals surface area contributed by atoms with Crippen molar-refractivity contribution in [1.29, 1.82) is 0 Å². The predicted octanol–water partition coefficient (Wildman–Crippen LogP) is 3.71. The molecule has 1 heterocycles. The predicted molar refractivity (Wildman–Crippen MR) is 70.1 cm³/mol. The van der Waals surface area contributed by atoms with E-state index >= 15 is 0 Å². The van der Waals surface area contributed by atoms with Gasteiger partial charge >= 0.3 is 0 Å². The number of pyridine rings is 1. The molecule has 0 saturated heterocycles. The van der Waals surface area contributed by atoms with Gasteiger partial charge < -0.3 is 0 Å². The van der Waals surface area contributed by atoms with Crippen molar-refractivity contribution in [3.63, 3.8) is 0 Å². The Morgan fingerprint density at radius 1 is 1.18 bits per heavy atom. The minimum absolute atomic E-state index is 0.0520. The molecule has 2 heteroatoms. The van der Waals surface area contributed by atoms with Gasteiger partial charge in [0.2, 0.25) is 0 Å². The molecule has 0 aliphatic carbocycles. The van der Waals surface area contributed by atoms with Gasteiger partial charge in [0, 0.05) is 23.1 Å². The van der Waals surface area contributed by atoms with Gasteiger partial charge in [-0.3, -0.25) is 9.78 Å². The number of ketones is 1. The normalized spacial score (nSPS) is 12.9. The summed E-state index contributed by atoms with van der Waals surface area (Å²) in [5.74, 6) is 0.616. The molecule has 1 atom stereocenters. The van der Waals surface area contributed by atoms with Crippen molar-refractivity contribution in [3.8, 4) is 0 Å². The summed E-state index contributed by atoms with van der Waals surface area (Å²) >= 11 is 0. The molecule has 0 radical (unpaired) electrons. The van der Waals surface area contributed by atoms with Gasteiger partial charge in [-0.1, -0.05) is 39.0 Å². The van der Waals surface area contributed by atoms with Gasteiger partial charge in [0.15, 0.2) is 5.78 Å². The Hall–Kier alpha value is -1.70. The Bertz CT molecular complexity index is 545. The first-order valence-electron chi connectivity index (χ1n) is 5.98. The summed E-state index contributed by atoms with van der Waals surface area (Å²) in [7, 11) is 0. The van der Waals surface area contributed by atoms with Gasteiger partial charge in [-0.05, 0) is 18.1 Å². The number of hydrogen-bond donors (Lipinski definition) is 0. The fourth-order valence-electron chi connectivity index (χ4n) is 1.79. The summed E-state index contributed by atoms with van der Waals surface area (Å²) in [5.41, 5.74) is 1.65. The maximum absolute atomic E-state index is 12.2. The quantitative estimate of drug-likeness (QED) is 0.748. The molecule has 0 aliphatic rings. The Morgan fingerprint density at radius 2 is 1.94 bits per heavy atom. The fourth-order valence-corrected chi connectivity index (χ4v) is 1.79. The number of benzene rings is 1. The number of rotatable bonds is 3. The number of hydrogen-bond acceptors (Lipinski definition) is 2. The molecular formula is C15H17NO. The van der Waals surface area contributed by atoms with E-state index < -0.39 is 0 Å². The van der Waals surface area contributed by atoms with Crippen LogP contribution >= 0.6 is 0 Å². The van der Waals surface area contributed by atoms with Crippen molar-refractivity contribution in [3.05, 3.63) is 42.1 Å². The standard InChI is InChI=1S/C15H17NO/c1-10(2)11(3)15(17)13-7-6-12-5-4-8-16-14(12)9-13/h4-11H,1-3H3. The van der Waals surface area contributed by atoms with E-state index in [0.717, 1.165) is 16.5 Å². The molecule has 0 spiro atoms. The highest BCUT2D eigenvalue weighted by Gasteiger charge is 2.18. The van der Waals surface area contributed by atoms with Crippen LogP contribution in [0, 0.1) is 11.8 Å². The third kappa shape index (κ3) is 2.36. The molecule has 1 aromatic carbocycles. The SMILES string of the molecule is CC(C)C(C)C(=O)c1ccc2cccnc2c1. The van der Waals surface area contributed by atoms with Gasteiger partial charge in [0.1, 0.15) is 0 Å². The highest BCUT2D eigenvalue weighted by atomic mass is 16.1. The molecule has 1 unspecified atom stereocenters. The topological polar surface area (TPSA) is 30.0 Å². The van der Waals surface area contributed by atoms with E-state index in [0.29, 0.717) is 5.92 Å². The van der Waals surface area contributed by atoms with E-state index in [-0.39, 0.29) is 11.7 Å².